The van der Waals surface area contributed by atoms with Gasteiger partial charge in [0.15, 0.2) is 11.6 Å². The van der Waals surface area contributed by atoms with Crippen molar-refractivity contribution in [2.45, 2.75) is 39.7 Å². The first-order valence-electron chi connectivity index (χ1n) is 11.5. The third kappa shape index (κ3) is 5.08. The molecule has 1 unspecified atom stereocenters. The summed E-state index contributed by atoms with van der Waals surface area (Å²) in [5.41, 5.74) is 9.23. The minimum absolute atomic E-state index is 0.0101. The number of pyridine rings is 1. The normalized spacial score (nSPS) is 16.0. The highest BCUT2D eigenvalue weighted by Crippen LogP contribution is 2.33. The maximum absolute atomic E-state index is 13.3. The molecule has 33 heavy (non-hydrogen) atoms. The molecule has 1 aromatic carbocycles. The van der Waals surface area contributed by atoms with Gasteiger partial charge < -0.3 is 20.7 Å². The highest BCUT2D eigenvalue weighted by molar-refractivity contribution is 5.90. The molecule has 1 aliphatic rings. The number of nitrogen functional groups attached to an aromatic ring is 1. The Bertz CT molecular complexity index is 1100. The SMILES string of the molecule is CCN1CCC(COc2nc(C(C)Nc3ncnc(N)c3NF)cc3cccc(C)c23)CC1. The number of nitrogens with one attached hydrogen (secondary N) is 2. The Kier molecular flexibility index (Phi) is 7.08. The van der Waals surface area contributed by atoms with Crippen LogP contribution in [0.2, 0.25) is 0 Å². The Morgan fingerprint density at radius 2 is 2.06 bits per heavy atom. The van der Waals surface area contributed by atoms with E-state index in [1.54, 1.807) is 5.54 Å². The number of fused-ring (bicyclic) bond motifs is 1. The van der Waals surface area contributed by atoms with Gasteiger partial charge in [0.1, 0.15) is 12.0 Å². The largest absolute Gasteiger partial charge is 0.477 e. The van der Waals surface area contributed by atoms with Gasteiger partial charge in [-0.25, -0.2) is 20.5 Å². The number of hydrogen-bond acceptors (Lipinski definition) is 8. The van der Waals surface area contributed by atoms with Crippen LogP contribution < -0.4 is 21.3 Å². The summed E-state index contributed by atoms with van der Waals surface area (Å²) < 4.78 is 19.6. The number of piperidine rings is 1. The van der Waals surface area contributed by atoms with Gasteiger partial charge in [-0.15, -0.1) is 4.48 Å². The van der Waals surface area contributed by atoms with E-state index in [1.807, 2.05) is 19.1 Å². The first-order valence-corrected chi connectivity index (χ1v) is 11.5. The molecule has 1 saturated heterocycles. The van der Waals surface area contributed by atoms with Crippen LogP contribution in [0.5, 0.6) is 5.88 Å². The van der Waals surface area contributed by atoms with Crippen molar-refractivity contribution in [1.29, 1.82) is 0 Å². The average molecular weight is 454 g/mol. The maximum atomic E-state index is 13.3. The third-order valence-corrected chi connectivity index (χ3v) is 6.43. The first-order chi connectivity index (χ1) is 16.0. The second-order valence-electron chi connectivity index (χ2n) is 8.66. The van der Waals surface area contributed by atoms with Gasteiger partial charge in [0.2, 0.25) is 5.88 Å². The lowest BCUT2D eigenvalue weighted by atomic mass is 9.98. The number of hydrogen-bond donors (Lipinski definition) is 3. The summed E-state index contributed by atoms with van der Waals surface area (Å²) >= 11 is 0. The van der Waals surface area contributed by atoms with E-state index in [9.17, 15) is 4.48 Å². The molecule has 1 aliphatic heterocycles. The Morgan fingerprint density at radius 1 is 1.27 bits per heavy atom. The molecule has 1 fully saturated rings. The zero-order valence-corrected chi connectivity index (χ0v) is 19.4. The molecule has 0 radical (unpaired) electrons. The molecule has 3 heterocycles. The van der Waals surface area contributed by atoms with Gasteiger partial charge >= 0.3 is 0 Å². The Morgan fingerprint density at radius 3 is 2.79 bits per heavy atom. The molecule has 2 aromatic heterocycles. The summed E-state index contributed by atoms with van der Waals surface area (Å²) in [6, 6.07) is 7.91. The van der Waals surface area contributed by atoms with E-state index >= 15 is 0 Å². The van der Waals surface area contributed by atoms with Crippen molar-refractivity contribution in [3.63, 3.8) is 0 Å². The minimum atomic E-state index is -0.272. The number of nitrogens with zero attached hydrogens (tertiary/aromatic N) is 4. The quantitative estimate of drug-likeness (QED) is 0.429. The number of aromatic nitrogens is 3. The highest BCUT2D eigenvalue weighted by Gasteiger charge is 2.21. The minimum Gasteiger partial charge on any atom is -0.477 e. The number of benzene rings is 1. The van der Waals surface area contributed by atoms with Crippen LogP contribution in [0.3, 0.4) is 0 Å². The number of likely N-dealkylation sites (tertiary alicyclic amines) is 1. The maximum Gasteiger partial charge on any atom is 0.221 e. The lowest BCUT2D eigenvalue weighted by Gasteiger charge is -2.30. The number of ether oxygens (including phenoxy) is 1. The van der Waals surface area contributed by atoms with E-state index in [1.165, 1.54) is 6.33 Å². The summed E-state index contributed by atoms with van der Waals surface area (Å²) in [7, 11) is 0. The topological polar surface area (TPSA) is 101 Å². The number of halogens is 1. The average Bonchev–Trinajstić information content (AvgIpc) is 2.83. The second-order valence-corrected chi connectivity index (χ2v) is 8.66. The number of anilines is 3. The van der Waals surface area contributed by atoms with Crippen molar-refractivity contribution in [3.05, 3.63) is 41.9 Å². The Labute approximate surface area is 193 Å². The zero-order chi connectivity index (χ0) is 23.4. The summed E-state index contributed by atoms with van der Waals surface area (Å²) in [4.78, 5) is 15.3. The van der Waals surface area contributed by atoms with E-state index in [0.717, 1.165) is 54.5 Å². The fraction of sp³-hybridized carbons (Fsp3) is 0.458. The number of nitrogens with two attached hydrogens (primary N) is 1. The third-order valence-electron chi connectivity index (χ3n) is 6.43. The van der Waals surface area contributed by atoms with Crippen molar-refractivity contribution < 1.29 is 9.22 Å². The van der Waals surface area contributed by atoms with Crippen LogP contribution in [-0.2, 0) is 0 Å². The molecule has 3 aromatic rings. The molecule has 0 amide bonds. The second kappa shape index (κ2) is 10.2. The number of aryl methyl sites for hydroxylation is 1. The smallest absolute Gasteiger partial charge is 0.221 e. The fourth-order valence-electron chi connectivity index (χ4n) is 4.34. The predicted molar refractivity (Wildman–Crippen MR) is 130 cm³/mol. The molecular formula is C24H32FN7O. The van der Waals surface area contributed by atoms with E-state index in [4.69, 9.17) is 15.5 Å². The summed E-state index contributed by atoms with van der Waals surface area (Å²) in [5, 5.41) is 5.26. The summed E-state index contributed by atoms with van der Waals surface area (Å²) in [6.07, 6.45) is 3.56. The number of rotatable bonds is 8. The highest BCUT2D eigenvalue weighted by atomic mass is 19.2. The van der Waals surface area contributed by atoms with Crippen LogP contribution >= 0.6 is 0 Å². The Hall–Kier alpha value is -3.20. The molecule has 0 saturated carbocycles. The van der Waals surface area contributed by atoms with Crippen molar-refractivity contribution in [2.75, 3.05) is 42.8 Å². The van der Waals surface area contributed by atoms with Crippen molar-refractivity contribution in [1.82, 2.24) is 19.9 Å². The van der Waals surface area contributed by atoms with Gasteiger partial charge in [0.25, 0.3) is 0 Å². The summed E-state index contributed by atoms with van der Waals surface area (Å²) in [5.74, 6) is 1.46. The monoisotopic (exact) mass is 453 g/mol. The van der Waals surface area contributed by atoms with E-state index in [2.05, 4.69) is 46.2 Å². The predicted octanol–water partition coefficient (Wildman–Crippen LogP) is 4.50. The Balaban J connectivity index is 1.59. The van der Waals surface area contributed by atoms with Crippen LogP contribution in [0.1, 0.15) is 44.0 Å². The molecular weight excluding hydrogens is 421 g/mol. The molecule has 176 valence electrons. The van der Waals surface area contributed by atoms with Gasteiger partial charge in [-0.05, 0) is 69.3 Å². The molecule has 0 spiro atoms. The lowest BCUT2D eigenvalue weighted by molar-refractivity contribution is 0.144. The van der Waals surface area contributed by atoms with Crippen LogP contribution in [0.25, 0.3) is 10.8 Å². The van der Waals surface area contributed by atoms with Crippen molar-refractivity contribution in [3.8, 4) is 5.88 Å². The molecule has 4 rings (SSSR count). The van der Waals surface area contributed by atoms with Crippen LogP contribution in [-0.4, -0.2) is 46.1 Å². The van der Waals surface area contributed by atoms with Gasteiger partial charge in [-0.3, -0.25) is 0 Å². The molecule has 9 heteroatoms. The molecule has 4 N–H and O–H groups in total. The van der Waals surface area contributed by atoms with Gasteiger partial charge in [-0.2, -0.15) is 0 Å². The van der Waals surface area contributed by atoms with Gasteiger partial charge in [0.05, 0.1) is 18.3 Å². The van der Waals surface area contributed by atoms with Gasteiger partial charge in [-0.1, -0.05) is 25.1 Å². The molecule has 0 aliphatic carbocycles. The van der Waals surface area contributed by atoms with Crippen molar-refractivity contribution in [2.24, 2.45) is 5.92 Å². The van der Waals surface area contributed by atoms with Crippen LogP contribution in [0.15, 0.2) is 30.6 Å². The van der Waals surface area contributed by atoms with E-state index in [0.29, 0.717) is 18.4 Å². The van der Waals surface area contributed by atoms with E-state index < -0.39 is 0 Å². The zero-order valence-electron chi connectivity index (χ0n) is 19.4. The molecule has 1 atom stereocenters. The first kappa shape index (κ1) is 23.0. The molecule has 8 nitrogen and oxygen atoms in total. The fourth-order valence-corrected chi connectivity index (χ4v) is 4.34. The van der Waals surface area contributed by atoms with E-state index in [-0.39, 0.29) is 23.4 Å². The van der Waals surface area contributed by atoms with Crippen LogP contribution in [0.4, 0.5) is 21.8 Å². The van der Waals surface area contributed by atoms with Crippen LogP contribution in [0, 0.1) is 12.8 Å². The standard InChI is InChI=1S/C24H32FN7O/c1-4-32-10-8-17(9-11-32)13-33-24-20-15(2)6-5-7-18(20)12-19(30-24)16(3)29-23-21(31-25)22(26)27-14-28-23/h5-7,12,14,16-17,31H,4,8-11,13H2,1-3H3,(H3,26,27,28,29). The van der Waals surface area contributed by atoms with Crippen molar-refractivity contribution >= 4 is 28.1 Å². The summed E-state index contributed by atoms with van der Waals surface area (Å²) in [6.45, 7) is 10.2. The van der Waals surface area contributed by atoms with Gasteiger partial charge in [0, 0.05) is 5.39 Å². The molecule has 0 bridgehead atoms. The lowest BCUT2D eigenvalue weighted by Crippen LogP contribution is -2.35.